The van der Waals surface area contributed by atoms with Gasteiger partial charge in [0.25, 0.3) is 0 Å². The predicted octanol–water partition coefficient (Wildman–Crippen LogP) is 5.14. The maximum absolute atomic E-state index is 12.4. The van der Waals surface area contributed by atoms with E-state index >= 15 is 0 Å². The van der Waals surface area contributed by atoms with Gasteiger partial charge in [-0.1, -0.05) is 11.8 Å². The lowest BCUT2D eigenvalue weighted by molar-refractivity contribution is -0.137. The number of thioether (sulfide) groups is 1. The van der Waals surface area contributed by atoms with Crippen LogP contribution in [0, 0.1) is 0 Å². The van der Waals surface area contributed by atoms with Gasteiger partial charge in [-0.15, -0.1) is 0 Å². The Morgan fingerprint density at radius 2 is 1.43 bits per heavy atom. The van der Waals surface area contributed by atoms with Gasteiger partial charge in [0, 0.05) is 11.8 Å². The average molecular weight is 312 g/mol. The lowest BCUT2D eigenvalue weighted by Crippen LogP contribution is -2.03. The van der Waals surface area contributed by atoms with Gasteiger partial charge in [-0.2, -0.15) is 13.2 Å². The molecule has 2 nitrogen and oxygen atoms in total. The zero-order chi connectivity index (χ0) is 15.5. The van der Waals surface area contributed by atoms with Gasteiger partial charge in [-0.25, -0.2) is 0 Å². The summed E-state index contributed by atoms with van der Waals surface area (Å²) in [6.07, 6.45) is -4.36. The molecule has 2 aromatic rings. The second-order valence-corrected chi connectivity index (χ2v) is 5.44. The normalized spacial score (nSPS) is 11.2. The minimum atomic E-state index is -4.36. The van der Waals surface area contributed by atoms with Crippen molar-refractivity contribution in [1.82, 2.24) is 0 Å². The van der Waals surface area contributed by atoms with Crippen LogP contribution in [0.1, 0.15) is 12.5 Å². The van der Waals surface area contributed by atoms with Crippen molar-refractivity contribution in [2.24, 2.45) is 0 Å². The fourth-order valence-electron chi connectivity index (χ4n) is 1.59. The molecule has 0 radical (unpaired) electrons. The van der Waals surface area contributed by atoms with E-state index in [1.807, 2.05) is 0 Å². The molecular formula is C15H11F3O2S. The fraction of sp³-hybridized carbons (Fsp3) is 0.133. The van der Waals surface area contributed by atoms with Crippen LogP contribution in [0.15, 0.2) is 53.4 Å². The number of ether oxygens (including phenoxy) is 1. The number of hydrogen-bond donors (Lipinski definition) is 0. The smallest absolute Gasteiger partial charge is 0.416 e. The number of carbonyl (C=O) groups is 1. The third-order valence-corrected chi connectivity index (χ3v) is 3.30. The first-order valence-electron chi connectivity index (χ1n) is 5.98. The monoisotopic (exact) mass is 312 g/mol. The molecule has 0 saturated heterocycles. The highest BCUT2D eigenvalue weighted by molar-refractivity contribution is 8.13. The second kappa shape index (κ2) is 6.22. The van der Waals surface area contributed by atoms with Gasteiger partial charge in [0.05, 0.1) is 5.56 Å². The minimum absolute atomic E-state index is 0.0218. The molecule has 0 fully saturated rings. The maximum Gasteiger partial charge on any atom is 0.416 e. The Balaban J connectivity index is 2.06. The van der Waals surface area contributed by atoms with E-state index < -0.39 is 11.7 Å². The third-order valence-electron chi connectivity index (χ3n) is 2.50. The molecule has 21 heavy (non-hydrogen) atoms. The van der Waals surface area contributed by atoms with E-state index in [9.17, 15) is 18.0 Å². The summed E-state index contributed by atoms with van der Waals surface area (Å²) < 4.78 is 42.7. The van der Waals surface area contributed by atoms with Crippen LogP contribution in [0.3, 0.4) is 0 Å². The highest BCUT2D eigenvalue weighted by atomic mass is 32.2. The first kappa shape index (κ1) is 15.4. The quantitative estimate of drug-likeness (QED) is 0.734. The van der Waals surface area contributed by atoms with E-state index in [2.05, 4.69) is 0 Å². The van der Waals surface area contributed by atoms with Crippen LogP contribution in [-0.2, 0) is 11.0 Å². The van der Waals surface area contributed by atoms with E-state index in [0.29, 0.717) is 11.5 Å². The lowest BCUT2D eigenvalue weighted by Gasteiger charge is -2.09. The molecule has 2 aromatic carbocycles. The number of benzene rings is 2. The van der Waals surface area contributed by atoms with Gasteiger partial charge >= 0.3 is 6.18 Å². The largest absolute Gasteiger partial charge is 0.457 e. The molecule has 0 N–H and O–H groups in total. The number of rotatable bonds is 3. The Labute approximate surface area is 123 Å². The van der Waals surface area contributed by atoms with Crippen LogP contribution >= 0.6 is 11.8 Å². The Bertz CT molecular complexity index is 619. The molecule has 0 atom stereocenters. The van der Waals surface area contributed by atoms with Gasteiger partial charge in [0.2, 0.25) is 0 Å². The van der Waals surface area contributed by atoms with Gasteiger partial charge in [0.1, 0.15) is 11.5 Å². The topological polar surface area (TPSA) is 26.3 Å². The lowest BCUT2D eigenvalue weighted by atomic mass is 10.2. The van der Waals surface area contributed by atoms with E-state index in [4.69, 9.17) is 4.74 Å². The molecule has 110 valence electrons. The number of halogens is 3. The molecule has 0 heterocycles. The van der Waals surface area contributed by atoms with E-state index in [0.717, 1.165) is 28.8 Å². The van der Waals surface area contributed by atoms with Crippen LogP contribution in [0.4, 0.5) is 13.2 Å². The summed E-state index contributed by atoms with van der Waals surface area (Å²) in [6.45, 7) is 1.47. The van der Waals surface area contributed by atoms with Crippen LogP contribution in [0.2, 0.25) is 0 Å². The van der Waals surface area contributed by atoms with Crippen molar-refractivity contribution >= 4 is 16.9 Å². The van der Waals surface area contributed by atoms with Gasteiger partial charge in [-0.05, 0) is 48.5 Å². The summed E-state index contributed by atoms with van der Waals surface area (Å²) in [5.74, 6) is 0.803. The van der Waals surface area contributed by atoms with Crippen molar-refractivity contribution in [2.45, 2.75) is 18.0 Å². The summed E-state index contributed by atoms with van der Waals surface area (Å²) in [5.41, 5.74) is -0.719. The van der Waals surface area contributed by atoms with Crippen LogP contribution in [0.25, 0.3) is 0 Å². The van der Waals surface area contributed by atoms with Crippen molar-refractivity contribution in [1.29, 1.82) is 0 Å². The number of carbonyl (C=O) groups excluding carboxylic acids is 1. The number of alkyl halides is 3. The molecule has 0 unspecified atom stereocenters. The molecular weight excluding hydrogens is 301 g/mol. The molecule has 0 saturated carbocycles. The second-order valence-electron chi connectivity index (χ2n) is 4.19. The molecule has 0 aromatic heterocycles. The molecule has 0 aliphatic carbocycles. The van der Waals surface area contributed by atoms with E-state index in [1.165, 1.54) is 19.1 Å². The molecule has 0 bridgehead atoms. The molecule has 0 amide bonds. The average Bonchev–Trinajstić information content (AvgIpc) is 2.40. The summed E-state index contributed by atoms with van der Waals surface area (Å²) in [7, 11) is 0. The molecule has 6 heteroatoms. The Morgan fingerprint density at radius 3 is 1.86 bits per heavy atom. The van der Waals surface area contributed by atoms with Crippen molar-refractivity contribution in [2.75, 3.05) is 0 Å². The Hall–Kier alpha value is -1.95. The first-order chi connectivity index (χ1) is 9.84. The van der Waals surface area contributed by atoms with Crippen LogP contribution in [-0.4, -0.2) is 5.12 Å². The zero-order valence-corrected chi connectivity index (χ0v) is 11.8. The molecule has 0 aliphatic rings. The fourth-order valence-corrected chi connectivity index (χ4v) is 2.19. The van der Waals surface area contributed by atoms with Crippen molar-refractivity contribution in [3.63, 3.8) is 0 Å². The van der Waals surface area contributed by atoms with Gasteiger partial charge in [-0.3, -0.25) is 4.79 Å². The van der Waals surface area contributed by atoms with Gasteiger partial charge < -0.3 is 4.74 Å². The maximum atomic E-state index is 12.4. The van der Waals surface area contributed by atoms with Crippen molar-refractivity contribution in [3.05, 3.63) is 54.1 Å². The standard InChI is InChI=1S/C15H11F3O2S/c1-10(19)21-14-8-6-13(7-9-14)20-12-4-2-11(3-5-12)15(16,17)18/h2-9H,1H3. The van der Waals surface area contributed by atoms with Crippen LogP contribution < -0.4 is 4.74 Å². The van der Waals surface area contributed by atoms with Crippen LogP contribution in [0.5, 0.6) is 11.5 Å². The summed E-state index contributed by atoms with van der Waals surface area (Å²) in [5, 5.41) is -0.0218. The predicted molar refractivity (Wildman–Crippen MR) is 74.5 cm³/mol. The minimum Gasteiger partial charge on any atom is -0.457 e. The first-order valence-corrected chi connectivity index (χ1v) is 6.80. The SMILES string of the molecule is CC(=O)Sc1ccc(Oc2ccc(C(F)(F)F)cc2)cc1. The van der Waals surface area contributed by atoms with E-state index in [-0.39, 0.29) is 5.12 Å². The summed E-state index contributed by atoms with van der Waals surface area (Å²) >= 11 is 1.10. The van der Waals surface area contributed by atoms with Crippen molar-refractivity contribution in [3.8, 4) is 11.5 Å². The highest BCUT2D eigenvalue weighted by Crippen LogP contribution is 2.31. The Kier molecular flexibility index (Phi) is 4.57. The zero-order valence-electron chi connectivity index (χ0n) is 11.0. The summed E-state index contributed by atoms with van der Waals surface area (Å²) in [6, 6.07) is 11.2. The van der Waals surface area contributed by atoms with Crippen molar-refractivity contribution < 1.29 is 22.7 Å². The summed E-state index contributed by atoms with van der Waals surface area (Å²) in [4.78, 5) is 11.7. The van der Waals surface area contributed by atoms with E-state index in [1.54, 1.807) is 24.3 Å². The Morgan fingerprint density at radius 1 is 0.952 bits per heavy atom. The highest BCUT2D eigenvalue weighted by Gasteiger charge is 2.30. The molecule has 0 aliphatic heterocycles. The number of hydrogen-bond acceptors (Lipinski definition) is 3. The third kappa shape index (κ3) is 4.53. The molecule has 0 spiro atoms. The van der Waals surface area contributed by atoms with Gasteiger partial charge in [0.15, 0.2) is 5.12 Å². The molecule has 2 rings (SSSR count).